The number of benzene rings is 1. The molecule has 0 N–H and O–H groups in total. The van der Waals surface area contributed by atoms with Crippen molar-refractivity contribution < 1.29 is 32.2 Å². The van der Waals surface area contributed by atoms with Crippen LogP contribution in [0.15, 0.2) is 39.8 Å². The van der Waals surface area contributed by atoms with Gasteiger partial charge in [0.15, 0.2) is 11.6 Å². The summed E-state index contributed by atoms with van der Waals surface area (Å²) in [6, 6.07) is 3.86. The summed E-state index contributed by atoms with van der Waals surface area (Å²) in [5, 5.41) is 3.74. The highest BCUT2D eigenvalue weighted by Gasteiger charge is 2.29. The summed E-state index contributed by atoms with van der Waals surface area (Å²) in [5.74, 6) is -5.45. The first kappa shape index (κ1) is 23.6. The number of thiophene rings is 1. The van der Waals surface area contributed by atoms with Gasteiger partial charge in [-0.25, -0.2) is 18.0 Å². The lowest BCUT2D eigenvalue weighted by atomic mass is 10.1. The molecule has 0 unspecified atom stereocenters. The van der Waals surface area contributed by atoms with Crippen molar-refractivity contribution in [3.63, 3.8) is 0 Å². The summed E-state index contributed by atoms with van der Waals surface area (Å²) in [6.07, 6.45) is 0.0480. The van der Waals surface area contributed by atoms with E-state index in [4.69, 9.17) is 9.47 Å². The van der Waals surface area contributed by atoms with Crippen LogP contribution in [0.3, 0.4) is 0 Å². The fourth-order valence-corrected chi connectivity index (χ4v) is 4.43. The molecule has 0 saturated heterocycles. The number of pyridine rings is 1. The van der Waals surface area contributed by atoms with E-state index in [-0.39, 0.29) is 44.0 Å². The second-order valence-corrected chi connectivity index (χ2v) is 8.30. The number of hydrogen-bond acceptors (Lipinski definition) is 6. The van der Waals surface area contributed by atoms with Gasteiger partial charge in [-0.2, -0.15) is 11.3 Å². The quantitative estimate of drug-likeness (QED) is 0.403. The lowest BCUT2D eigenvalue weighted by Gasteiger charge is -2.20. The molecular weight excluding hydrogens is 473 g/mol. The van der Waals surface area contributed by atoms with Gasteiger partial charge in [-0.05, 0) is 28.5 Å². The minimum Gasteiger partial charge on any atom is -0.488 e. The topological polar surface area (TPSA) is 77.8 Å². The molecule has 34 heavy (non-hydrogen) atoms. The Morgan fingerprint density at radius 2 is 1.82 bits per heavy atom. The molecule has 1 aliphatic heterocycles. The van der Waals surface area contributed by atoms with Gasteiger partial charge in [0, 0.05) is 43.9 Å². The number of esters is 1. The number of halogens is 3. The van der Waals surface area contributed by atoms with Crippen molar-refractivity contribution in [3.8, 4) is 5.75 Å². The standard InChI is InChI=1S/C23H19F3N2O5S/c1-32-23(31)21-18-2-4-27(22(30)14-8-16(25)17(26)9-15(14)24)5-6-28(18)20(29)10-19(21)33-11-13-3-7-34-12-13/h3,7-10,12H,2,4-6,11H2,1H3. The van der Waals surface area contributed by atoms with Crippen molar-refractivity contribution in [3.05, 3.63) is 85.2 Å². The normalized spacial score (nSPS) is 13.2. The first-order valence-electron chi connectivity index (χ1n) is 10.2. The molecule has 0 aliphatic carbocycles. The molecule has 0 saturated carbocycles. The van der Waals surface area contributed by atoms with Crippen molar-refractivity contribution in [1.29, 1.82) is 0 Å². The average Bonchev–Trinajstić information content (AvgIpc) is 3.24. The van der Waals surface area contributed by atoms with Gasteiger partial charge in [-0.3, -0.25) is 9.59 Å². The van der Waals surface area contributed by atoms with Crippen molar-refractivity contribution in [2.24, 2.45) is 0 Å². The minimum atomic E-state index is -1.40. The van der Waals surface area contributed by atoms with E-state index in [0.29, 0.717) is 17.8 Å². The Hall–Kier alpha value is -3.60. The van der Waals surface area contributed by atoms with Crippen LogP contribution in [0.4, 0.5) is 13.2 Å². The Morgan fingerprint density at radius 1 is 1.06 bits per heavy atom. The first-order chi connectivity index (χ1) is 16.3. The van der Waals surface area contributed by atoms with Crippen LogP contribution in [0.25, 0.3) is 0 Å². The number of rotatable bonds is 5. The summed E-state index contributed by atoms with van der Waals surface area (Å²) in [5.41, 5.74) is 0.161. The number of methoxy groups -OCH3 is 1. The molecule has 4 rings (SSSR count). The largest absolute Gasteiger partial charge is 0.488 e. The number of aromatic nitrogens is 1. The van der Waals surface area contributed by atoms with Crippen molar-refractivity contribution in [2.75, 3.05) is 20.2 Å². The SMILES string of the molecule is COC(=O)c1c(OCc2ccsc2)cc(=O)n2c1CCN(C(=O)c1cc(F)c(F)cc1F)CC2. The maximum absolute atomic E-state index is 14.1. The van der Waals surface area contributed by atoms with Crippen LogP contribution in [-0.2, 0) is 24.3 Å². The zero-order valence-electron chi connectivity index (χ0n) is 18.0. The molecule has 1 aliphatic rings. The Kier molecular flexibility index (Phi) is 6.73. The molecule has 2 aromatic heterocycles. The van der Waals surface area contributed by atoms with Gasteiger partial charge < -0.3 is 18.9 Å². The molecule has 7 nitrogen and oxygen atoms in total. The first-order valence-corrected chi connectivity index (χ1v) is 11.2. The predicted octanol–water partition coefficient (Wildman–Crippen LogP) is 3.39. The molecule has 11 heteroatoms. The number of carbonyl (C=O) groups excluding carboxylic acids is 2. The van der Waals surface area contributed by atoms with E-state index >= 15 is 0 Å². The third-order valence-electron chi connectivity index (χ3n) is 5.48. The van der Waals surface area contributed by atoms with E-state index in [1.807, 2.05) is 16.8 Å². The zero-order valence-corrected chi connectivity index (χ0v) is 18.8. The summed E-state index contributed by atoms with van der Waals surface area (Å²) >= 11 is 1.48. The number of hydrogen-bond donors (Lipinski definition) is 0. The van der Waals surface area contributed by atoms with E-state index in [1.165, 1.54) is 34.0 Å². The van der Waals surface area contributed by atoms with Gasteiger partial charge in [-0.1, -0.05) is 0 Å². The van der Waals surface area contributed by atoms with Crippen LogP contribution in [0.1, 0.15) is 32.0 Å². The van der Waals surface area contributed by atoms with Gasteiger partial charge >= 0.3 is 5.97 Å². The highest BCUT2D eigenvalue weighted by atomic mass is 32.1. The molecule has 3 heterocycles. The molecule has 0 radical (unpaired) electrons. The maximum Gasteiger partial charge on any atom is 0.343 e. The molecule has 1 aromatic carbocycles. The highest BCUT2D eigenvalue weighted by molar-refractivity contribution is 7.07. The van der Waals surface area contributed by atoms with Gasteiger partial charge in [0.2, 0.25) is 0 Å². The van der Waals surface area contributed by atoms with Crippen LogP contribution >= 0.6 is 11.3 Å². The van der Waals surface area contributed by atoms with E-state index in [0.717, 1.165) is 5.56 Å². The number of amides is 1. The Morgan fingerprint density at radius 3 is 2.53 bits per heavy atom. The van der Waals surface area contributed by atoms with Gasteiger partial charge in [-0.15, -0.1) is 0 Å². The number of nitrogens with zero attached hydrogens (tertiary/aromatic N) is 2. The number of carbonyl (C=O) groups is 2. The number of fused-ring (bicyclic) bond motifs is 1. The fourth-order valence-electron chi connectivity index (χ4n) is 3.78. The predicted molar refractivity (Wildman–Crippen MR) is 117 cm³/mol. The lowest BCUT2D eigenvalue weighted by molar-refractivity contribution is 0.0592. The van der Waals surface area contributed by atoms with Crippen LogP contribution in [0.5, 0.6) is 5.75 Å². The zero-order chi connectivity index (χ0) is 24.4. The fraction of sp³-hybridized carbons (Fsp3) is 0.261. The van der Waals surface area contributed by atoms with E-state index in [1.54, 1.807) is 0 Å². The molecule has 3 aromatic rings. The van der Waals surface area contributed by atoms with Crippen LogP contribution in [-0.4, -0.2) is 41.5 Å². The monoisotopic (exact) mass is 492 g/mol. The van der Waals surface area contributed by atoms with E-state index in [9.17, 15) is 27.6 Å². The summed E-state index contributed by atoms with van der Waals surface area (Å²) in [6.45, 7) is 0.116. The molecule has 0 bridgehead atoms. The molecule has 0 fully saturated rings. The average molecular weight is 492 g/mol. The van der Waals surface area contributed by atoms with E-state index < -0.39 is 40.5 Å². The Bertz CT molecular complexity index is 1310. The van der Waals surface area contributed by atoms with E-state index in [2.05, 4.69) is 0 Å². The van der Waals surface area contributed by atoms with Gasteiger partial charge in [0.1, 0.15) is 23.7 Å². The van der Waals surface area contributed by atoms with Gasteiger partial charge in [0.25, 0.3) is 11.5 Å². The molecule has 0 atom stereocenters. The molecule has 178 valence electrons. The highest BCUT2D eigenvalue weighted by Crippen LogP contribution is 2.26. The summed E-state index contributed by atoms with van der Waals surface area (Å²) in [4.78, 5) is 39.5. The molecule has 0 spiro atoms. The number of ether oxygens (including phenoxy) is 2. The van der Waals surface area contributed by atoms with Crippen LogP contribution in [0.2, 0.25) is 0 Å². The molecule has 1 amide bonds. The molecular formula is C23H19F3N2O5S. The smallest absolute Gasteiger partial charge is 0.343 e. The van der Waals surface area contributed by atoms with Crippen LogP contribution < -0.4 is 10.3 Å². The lowest BCUT2D eigenvalue weighted by Crippen LogP contribution is -2.35. The Balaban J connectivity index is 1.66. The van der Waals surface area contributed by atoms with Crippen molar-refractivity contribution >= 4 is 23.2 Å². The second kappa shape index (κ2) is 9.72. The Labute approximate surface area is 195 Å². The van der Waals surface area contributed by atoms with Gasteiger partial charge in [0.05, 0.1) is 12.7 Å². The third-order valence-corrected chi connectivity index (χ3v) is 6.22. The minimum absolute atomic E-state index is 0.00000732. The maximum atomic E-state index is 14.1. The third kappa shape index (κ3) is 4.56. The van der Waals surface area contributed by atoms with Crippen molar-refractivity contribution in [2.45, 2.75) is 19.6 Å². The summed E-state index contributed by atoms with van der Waals surface area (Å²) in [7, 11) is 1.20. The van der Waals surface area contributed by atoms with Crippen LogP contribution in [0, 0.1) is 17.5 Å². The second-order valence-electron chi connectivity index (χ2n) is 7.52. The van der Waals surface area contributed by atoms with Crippen molar-refractivity contribution in [1.82, 2.24) is 9.47 Å². The summed E-state index contributed by atoms with van der Waals surface area (Å²) < 4.78 is 53.0.